The van der Waals surface area contributed by atoms with Crippen LogP contribution in [0.25, 0.3) is 56.3 Å². The van der Waals surface area contributed by atoms with Crippen molar-refractivity contribution in [2.45, 2.75) is 91.0 Å². The smallest absolute Gasteiger partial charge is 0.422 e. The fraction of sp³-hybridized carbons (Fsp3) is 0.239. The second-order valence-electron chi connectivity index (χ2n) is 23.8. The Balaban J connectivity index is 0.000000146. The molecule has 2 aromatic carbocycles. The van der Waals surface area contributed by atoms with Gasteiger partial charge in [-0.1, -0.05) is 57.9 Å². The Morgan fingerprint density at radius 2 is 0.945 bits per heavy atom. The lowest BCUT2D eigenvalue weighted by atomic mass is 10.1. The lowest BCUT2D eigenvalue weighted by Gasteiger charge is -2.20. The summed E-state index contributed by atoms with van der Waals surface area (Å²) in [6.07, 6.45) is 1.75. The van der Waals surface area contributed by atoms with Crippen LogP contribution in [0.4, 0.5) is 49.9 Å². The van der Waals surface area contributed by atoms with Crippen LogP contribution in [0.15, 0.2) is 210 Å². The number of nitrogens with zero attached hydrogens (tertiary/aromatic N) is 19. The SMILES string of the molecule is CC(F)c1cc(Cn2nc(-c3cnc(OCC(F)(F)F)nc3)ccc2=O)on1.CC1CCCN1c1ncc(-c2ccc(=O)n(Cc3cccc(F)c3)n2)cn1.Cc1cc(Cn2nc(-c3ccc(OC(F)F)nc3)ccc2=O)on1.O=c1ccc(-c2cnc(OCC(F)(F)F)nc2)nn1Cc1cc(-c2ccccc2)no1. The summed E-state index contributed by atoms with van der Waals surface area (Å²) in [5.41, 5.74) is 5.36. The van der Waals surface area contributed by atoms with Crippen LogP contribution < -0.4 is 41.3 Å². The van der Waals surface area contributed by atoms with E-state index < -0.39 is 55.9 Å². The first kappa shape index (κ1) is 77.6. The van der Waals surface area contributed by atoms with Crippen molar-refractivity contribution in [3.05, 3.63) is 258 Å². The molecule has 39 heteroatoms. The Hall–Kier alpha value is -13.5. The van der Waals surface area contributed by atoms with Crippen LogP contribution in [0, 0.1) is 12.7 Å². The number of alkyl halides is 9. The lowest BCUT2D eigenvalue weighted by molar-refractivity contribution is -0.155. The zero-order valence-corrected chi connectivity index (χ0v) is 57.7. The number of halogens is 10. The number of aryl methyl sites for hydroxylation is 1. The molecule has 0 bridgehead atoms. The number of anilines is 1. The van der Waals surface area contributed by atoms with Crippen molar-refractivity contribution >= 4 is 5.95 Å². The molecule has 0 radical (unpaired) electrons. The number of pyridine rings is 1. The normalized spacial score (nSPS) is 13.0. The third kappa shape index (κ3) is 22.1. The molecule has 0 saturated carbocycles. The second-order valence-corrected chi connectivity index (χ2v) is 23.8. The predicted molar refractivity (Wildman–Crippen MR) is 368 cm³/mol. The van der Waals surface area contributed by atoms with Crippen molar-refractivity contribution < 1.29 is 71.7 Å². The van der Waals surface area contributed by atoms with E-state index in [1.165, 1.54) is 125 Å². The van der Waals surface area contributed by atoms with Crippen LogP contribution in [-0.2, 0) is 26.2 Å². The van der Waals surface area contributed by atoms with Gasteiger partial charge in [-0.15, -0.1) is 0 Å². The van der Waals surface area contributed by atoms with Crippen molar-refractivity contribution in [1.82, 2.24) is 89.5 Å². The average molecular weight is 1530 g/mol. The fourth-order valence-corrected chi connectivity index (χ4v) is 10.2. The minimum atomic E-state index is -4.50. The van der Waals surface area contributed by atoms with Crippen LogP contribution in [-0.4, -0.2) is 134 Å². The Bertz CT molecular complexity index is 5450. The van der Waals surface area contributed by atoms with Crippen molar-refractivity contribution in [2.75, 3.05) is 24.7 Å². The van der Waals surface area contributed by atoms with E-state index in [1.807, 2.05) is 30.3 Å². The summed E-state index contributed by atoms with van der Waals surface area (Å²) >= 11 is 0. The van der Waals surface area contributed by atoms with Gasteiger partial charge in [0.05, 0.1) is 35.0 Å². The Morgan fingerprint density at radius 3 is 1.38 bits per heavy atom. The number of hydrogen-bond acceptors (Lipinski definition) is 25. The number of benzene rings is 2. The summed E-state index contributed by atoms with van der Waals surface area (Å²) in [7, 11) is 0. The molecule has 0 spiro atoms. The molecule has 1 fully saturated rings. The monoisotopic (exact) mass is 1530 g/mol. The highest BCUT2D eigenvalue weighted by Gasteiger charge is 2.30. The van der Waals surface area contributed by atoms with Crippen LogP contribution in [0.3, 0.4) is 0 Å². The Kier molecular flexibility index (Phi) is 24.9. The first-order valence-electron chi connectivity index (χ1n) is 32.8. The quantitative estimate of drug-likeness (QED) is 0.0603. The molecule has 12 heterocycles. The molecule has 14 rings (SSSR count). The summed E-state index contributed by atoms with van der Waals surface area (Å²) in [6.45, 7) is 0.578. The van der Waals surface area contributed by atoms with Gasteiger partial charge < -0.3 is 32.7 Å². The van der Waals surface area contributed by atoms with E-state index in [4.69, 9.17) is 13.6 Å². The number of hydrogen-bond donors (Lipinski definition) is 0. The Labute approximate surface area is 613 Å². The highest BCUT2D eigenvalue weighted by molar-refractivity contribution is 5.60. The van der Waals surface area contributed by atoms with E-state index in [0.717, 1.165) is 41.1 Å². The molecule has 2 unspecified atom stereocenters. The summed E-state index contributed by atoms with van der Waals surface area (Å²) < 4.78 is 157. The van der Waals surface area contributed by atoms with Gasteiger partial charge in [-0.25, -0.2) is 62.4 Å². The minimum Gasteiger partial charge on any atom is -0.454 e. The molecule has 1 aliphatic heterocycles. The molecule has 1 saturated heterocycles. The third-order valence-corrected chi connectivity index (χ3v) is 15.5. The molecule has 13 aromatic rings. The molecule has 568 valence electrons. The van der Waals surface area contributed by atoms with Crippen LogP contribution >= 0.6 is 0 Å². The zero-order valence-electron chi connectivity index (χ0n) is 57.7. The second kappa shape index (κ2) is 35.3. The molecule has 29 nitrogen and oxygen atoms in total. The molecular formula is C71H59F10N19O10. The molecule has 110 heavy (non-hydrogen) atoms. The van der Waals surface area contributed by atoms with E-state index in [2.05, 4.69) is 96.8 Å². The molecular weight excluding hydrogens is 1470 g/mol. The van der Waals surface area contributed by atoms with Crippen LogP contribution in [0.5, 0.6) is 17.9 Å². The van der Waals surface area contributed by atoms with E-state index in [9.17, 15) is 63.1 Å². The van der Waals surface area contributed by atoms with Crippen LogP contribution in [0.1, 0.15) is 67.1 Å². The number of rotatable bonds is 21. The molecule has 1 aliphatic rings. The van der Waals surface area contributed by atoms with Gasteiger partial charge in [-0.05, 0) is 81.6 Å². The van der Waals surface area contributed by atoms with Crippen molar-refractivity contribution in [3.63, 3.8) is 0 Å². The lowest BCUT2D eigenvalue weighted by Crippen LogP contribution is -2.28. The summed E-state index contributed by atoms with van der Waals surface area (Å²) in [5.74, 6) is 1.35. The third-order valence-electron chi connectivity index (χ3n) is 15.5. The first-order chi connectivity index (χ1) is 52.7. The van der Waals surface area contributed by atoms with Crippen LogP contribution in [0.2, 0.25) is 0 Å². The highest BCUT2D eigenvalue weighted by Crippen LogP contribution is 2.27. The maximum absolute atomic E-state index is 13.4. The van der Waals surface area contributed by atoms with Gasteiger partial charge >= 0.3 is 31.0 Å². The van der Waals surface area contributed by atoms with Crippen molar-refractivity contribution in [2.24, 2.45) is 0 Å². The van der Waals surface area contributed by atoms with Gasteiger partial charge in [-0.3, -0.25) is 19.2 Å². The van der Waals surface area contributed by atoms with E-state index in [1.54, 1.807) is 49.6 Å². The highest BCUT2D eigenvalue weighted by atomic mass is 19.4. The van der Waals surface area contributed by atoms with Gasteiger partial charge in [0.2, 0.25) is 11.8 Å². The van der Waals surface area contributed by atoms with Gasteiger partial charge in [-0.2, -0.15) is 55.5 Å². The topological polar surface area (TPSA) is 339 Å². The summed E-state index contributed by atoms with van der Waals surface area (Å²) in [6, 6.07) is 34.2. The first-order valence-corrected chi connectivity index (χ1v) is 32.8. The maximum atomic E-state index is 13.4. The molecule has 0 aliphatic carbocycles. The van der Waals surface area contributed by atoms with Gasteiger partial charge in [0.1, 0.15) is 43.0 Å². The standard InChI is InChI=1S/C20H14F3N5O3.C20H20FN5O.C16H13F4N5O3.C15H12F2N4O3/c21-20(22,23)12-30-19-24-9-14(10-25-19)16-6-7-18(29)28(26-16)11-15-8-17(27-31-15)13-4-2-1-3-5-13;1-14-4-3-9-25(14)20-22-11-16(12-23-20)18-7-8-19(27)26(24-18)13-15-5-2-6-17(21)10-15;1-9(17)13-4-11(28-24-13)7-25-14(26)3-2-12(23-25)10-5-21-15(22-6-10)27-8-16(18,19)20;1-9-6-11(24-20-9)8-21-14(22)5-3-12(19-21)10-2-4-13(18-7-10)23-15(16)17/h1-10H,11-12H2;2,5-8,10-12,14H,3-4,9,13H2,1H3;2-6,9H,7-8H2,1H3;2-7,15H,8H2,1H3. The van der Waals surface area contributed by atoms with Gasteiger partial charge in [0, 0.05) is 132 Å². The zero-order chi connectivity index (χ0) is 78.1. The molecule has 2 atom stereocenters. The van der Waals surface area contributed by atoms with Gasteiger partial charge in [0.15, 0.2) is 30.5 Å². The van der Waals surface area contributed by atoms with Gasteiger partial charge in [0.25, 0.3) is 22.2 Å². The summed E-state index contributed by atoms with van der Waals surface area (Å²) in [5, 5.41) is 28.3. The number of aromatic nitrogens is 18. The van der Waals surface area contributed by atoms with E-state index in [-0.39, 0.29) is 66.0 Å². The molecule has 0 N–H and O–H groups in total. The maximum Gasteiger partial charge on any atom is 0.422 e. The largest absolute Gasteiger partial charge is 0.454 e. The summed E-state index contributed by atoms with van der Waals surface area (Å²) in [4.78, 5) is 78.0. The predicted octanol–water partition coefficient (Wildman–Crippen LogP) is 11.2. The fourth-order valence-electron chi connectivity index (χ4n) is 10.2. The molecule has 11 aromatic heterocycles. The van der Waals surface area contributed by atoms with Crippen molar-refractivity contribution in [1.29, 1.82) is 0 Å². The van der Waals surface area contributed by atoms with Crippen molar-refractivity contribution in [3.8, 4) is 74.2 Å². The minimum absolute atomic E-state index is 0.0418. The number of ether oxygens (including phenoxy) is 3. The van der Waals surface area contributed by atoms with E-state index >= 15 is 0 Å². The average Bonchev–Trinajstić information content (AvgIpc) is 1.20. The van der Waals surface area contributed by atoms with E-state index in [0.29, 0.717) is 74.0 Å². The molecule has 0 amide bonds. The Morgan fingerprint density at radius 1 is 0.482 bits per heavy atom.